The van der Waals surface area contributed by atoms with E-state index in [1.54, 1.807) is 11.1 Å². The van der Waals surface area contributed by atoms with Gasteiger partial charge in [0.2, 0.25) is 11.9 Å². The molecule has 1 aromatic carbocycles. The Balaban J connectivity index is 1.49. The van der Waals surface area contributed by atoms with Gasteiger partial charge in [0.1, 0.15) is 6.04 Å². The zero-order valence-corrected chi connectivity index (χ0v) is 20.1. The SMILES string of the molecule is Cc1nn(C)c(C2CC2)c1-c1ccnc(Nc2ccc3c(c2)N(C(C)C)C(C)C(=O)N3C)n1. The Kier molecular flexibility index (Phi) is 5.11. The van der Waals surface area contributed by atoms with Gasteiger partial charge in [0.25, 0.3) is 0 Å². The molecule has 3 aromatic rings. The summed E-state index contributed by atoms with van der Waals surface area (Å²) >= 11 is 0. The molecular weight excluding hydrogens is 414 g/mol. The predicted molar refractivity (Wildman–Crippen MR) is 131 cm³/mol. The van der Waals surface area contributed by atoms with E-state index in [-0.39, 0.29) is 18.0 Å². The second kappa shape index (κ2) is 7.86. The van der Waals surface area contributed by atoms with Crippen LogP contribution in [0, 0.1) is 6.92 Å². The van der Waals surface area contributed by atoms with Gasteiger partial charge in [0.05, 0.1) is 28.5 Å². The summed E-state index contributed by atoms with van der Waals surface area (Å²) in [6.45, 7) is 8.22. The first-order valence-electron chi connectivity index (χ1n) is 11.6. The molecule has 1 fully saturated rings. The third-order valence-electron chi connectivity index (χ3n) is 6.67. The molecule has 5 rings (SSSR count). The third kappa shape index (κ3) is 3.63. The molecule has 1 amide bonds. The minimum Gasteiger partial charge on any atom is -0.356 e. The second-order valence-electron chi connectivity index (χ2n) is 9.41. The summed E-state index contributed by atoms with van der Waals surface area (Å²) in [4.78, 5) is 25.9. The molecule has 0 spiro atoms. The number of carbonyl (C=O) groups excluding carboxylic acids is 1. The molecule has 0 radical (unpaired) electrons. The molecule has 1 saturated carbocycles. The minimum atomic E-state index is -0.216. The van der Waals surface area contributed by atoms with Crippen LogP contribution in [0.4, 0.5) is 23.0 Å². The standard InChI is InChI=1S/C25H31N7O/c1-14(2)32-16(4)24(33)30(5)20-10-9-18(13-21(20)32)27-25-26-12-11-19(28-25)22-15(3)29-31(6)23(22)17-7-8-17/h9-14,16-17H,7-8H2,1-6H3,(H,26,27,28). The number of carbonyl (C=O) groups is 1. The van der Waals surface area contributed by atoms with Crippen LogP contribution >= 0.6 is 0 Å². The van der Waals surface area contributed by atoms with Gasteiger partial charge >= 0.3 is 0 Å². The molecule has 1 unspecified atom stereocenters. The average Bonchev–Trinajstić information content (AvgIpc) is 3.56. The number of fused-ring (bicyclic) bond motifs is 1. The van der Waals surface area contributed by atoms with E-state index in [0.29, 0.717) is 11.9 Å². The van der Waals surface area contributed by atoms with E-state index in [4.69, 9.17) is 4.98 Å². The van der Waals surface area contributed by atoms with Crippen LogP contribution in [-0.4, -0.2) is 44.8 Å². The van der Waals surface area contributed by atoms with Crippen molar-refractivity contribution in [2.45, 2.75) is 58.5 Å². The maximum atomic E-state index is 12.7. The minimum absolute atomic E-state index is 0.103. The Morgan fingerprint density at radius 1 is 1.12 bits per heavy atom. The second-order valence-corrected chi connectivity index (χ2v) is 9.41. The third-order valence-corrected chi connectivity index (χ3v) is 6.67. The van der Waals surface area contributed by atoms with Gasteiger partial charge in [-0.05, 0) is 64.8 Å². The van der Waals surface area contributed by atoms with Crippen LogP contribution < -0.4 is 15.1 Å². The zero-order valence-electron chi connectivity index (χ0n) is 20.1. The highest BCUT2D eigenvalue weighted by Gasteiger charge is 2.35. The molecular formula is C25H31N7O. The molecule has 1 aliphatic heterocycles. The van der Waals surface area contributed by atoms with Gasteiger partial charge in [-0.3, -0.25) is 9.48 Å². The van der Waals surface area contributed by atoms with E-state index >= 15 is 0 Å². The van der Waals surface area contributed by atoms with E-state index in [0.717, 1.165) is 34.0 Å². The van der Waals surface area contributed by atoms with E-state index in [9.17, 15) is 4.79 Å². The highest BCUT2D eigenvalue weighted by Crippen LogP contribution is 2.45. The highest BCUT2D eigenvalue weighted by molar-refractivity contribution is 6.05. The van der Waals surface area contributed by atoms with E-state index in [1.807, 2.05) is 50.8 Å². The summed E-state index contributed by atoms with van der Waals surface area (Å²) in [5, 5.41) is 8.03. The largest absolute Gasteiger partial charge is 0.356 e. The Morgan fingerprint density at radius 2 is 1.88 bits per heavy atom. The topological polar surface area (TPSA) is 79.2 Å². The molecule has 8 nitrogen and oxygen atoms in total. The van der Waals surface area contributed by atoms with Gasteiger partial charge in [-0.2, -0.15) is 5.10 Å². The van der Waals surface area contributed by atoms with Crippen molar-refractivity contribution >= 4 is 28.9 Å². The monoisotopic (exact) mass is 445 g/mol. The number of rotatable bonds is 5. The summed E-state index contributed by atoms with van der Waals surface area (Å²) in [5.41, 5.74) is 7.09. The lowest BCUT2D eigenvalue weighted by Crippen LogP contribution is -2.53. The number of nitrogens with one attached hydrogen (secondary N) is 1. The molecule has 2 aliphatic rings. The lowest BCUT2D eigenvalue weighted by atomic mass is 10.0. The molecule has 0 bridgehead atoms. The van der Waals surface area contributed by atoms with Gasteiger partial charge < -0.3 is 15.1 Å². The number of nitrogens with zero attached hydrogens (tertiary/aromatic N) is 6. The number of aryl methyl sites for hydroxylation is 2. The van der Waals surface area contributed by atoms with Crippen LogP contribution in [-0.2, 0) is 11.8 Å². The van der Waals surface area contributed by atoms with Crippen LogP contribution in [0.1, 0.15) is 50.9 Å². The lowest BCUT2D eigenvalue weighted by molar-refractivity contribution is -0.119. The van der Waals surface area contributed by atoms with Crippen molar-refractivity contribution in [1.82, 2.24) is 19.7 Å². The zero-order chi connectivity index (χ0) is 23.4. The van der Waals surface area contributed by atoms with Gasteiger partial charge in [-0.25, -0.2) is 9.97 Å². The van der Waals surface area contributed by atoms with Crippen molar-refractivity contribution in [2.75, 3.05) is 22.2 Å². The van der Waals surface area contributed by atoms with Gasteiger partial charge in [0, 0.05) is 43.5 Å². The maximum absolute atomic E-state index is 12.7. The Bertz CT molecular complexity index is 1230. The summed E-state index contributed by atoms with van der Waals surface area (Å²) in [6, 6.07) is 7.97. The number of hydrogen-bond acceptors (Lipinski definition) is 6. The van der Waals surface area contributed by atoms with Crippen LogP contribution in [0.5, 0.6) is 0 Å². The van der Waals surface area contributed by atoms with Crippen LogP contribution in [0.15, 0.2) is 30.5 Å². The number of aromatic nitrogens is 4. The van der Waals surface area contributed by atoms with Crippen molar-refractivity contribution < 1.29 is 4.79 Å². The summed E-state index contributed by atoms with van der Waals surface area (Å²) in [5.74, 6) is 1.22. The van der Waals surface area contributed by atoms with Gasteiger partial charge in [-0.1, -0.05) is 0 Å². The Morgan fingerprint density at radius 3 is 2.58 bits per heavy atom. The van der Waals surface area contributed by atoms with E-state index < -0.39 is 0 Å². The molecule has 0 saturated heterocycles. The number of benzene rings is 1. The van der Waals surface area contributed by atoms with E-state index in [1.165, 1.54) is 18.5 Å². The first-order chi connectivity index (χ1) is 15.8. The first kappa shape index (κ1) is 21.4. The number of anilines is 4. The van der Waals surface area contributed by atoms with Crippen molar-refractivity contribution in [3.8, 4) is 11.3 Å². The fourth-order valence-electron chi connectivity index (χ4n) is 5.05. The van der Waals surface area contributed by atoms with Gasteiger partial charge in [0.15, 0.2) is 0 Å². The Labute approximate surface area is 194 Å². The molecule has 1 aliphatic carbocycles. The molecule has 3 heterocycles. The van der Waals surface area contributed by atoms with Crippen LogP contribution in [0.25, 0.3) is 11.3 Å². The number of likely N-dealkylation sites (N-methyl/N-ethyl adjacent to an activating group) is 1. The Hall–Kier alpha value is -3.42. The number of hydrogen-bond donors (Lipinski definition) is 1. The first-order valence-corrected chi connectivity index (χ1v) is 11.6. The van der Waals surface area contributed by atoms with Crippen molar-refractivity contribution in [2.24, 2.45) is 7.05 Å². The molecule has 1 N–H and O–H groups in total. The molecule has 172 valence electrons. The normalized spacial score (nSPS) is 18.2. The number of amides is 1. The van der Waals surface area contributed by atoms with Crippen molar-refractivity contribution in [1.29, 1.82) is 0 Å². The smallest absolute Gasteiger partial charge is 0.249 e. The van der Waals surface area contributed by atoms with Crippen LogP contribution in [0.3, 0.4) is 0 Å². The molecule has 8 heteroatoms. The molecule has 33 heavy (non-hydrogen) atoms. The summed E-state index contributed by atoms with van der Waals surface area (Å²) < 4.78 is 2.00. The average molecular weight is 446 g/mol. The predicted octanol–water partition coefficient (Wildman–Crippen LogP) is 4.39. The van der Waals surface area contributed by atoms with Crippen molar-refractivity contribution in [3.63, 3.8) is 0 Å². The molecule has 1 atom stereocenters. The fraction of sp³-hybridized carbons (Fsp3) is 0.440. The van der Waals surface area contributed by atoms with Crippen LogP contribution in [0.2, 0.25) is 0 Å². The van der Waals surface area contributed by atoms with E-state index in [2.05, 4.69) is 40.2 Å². The highest BCUT2D eigenvalue weighted by atomic mass is 16.2. The maximum Gasteiger partial charge on any atom is 0.249 e. The summed E-state index contributed by atoms with van der Waals surface area (Å²) in [6.07, 6.45) is 4.21. The molecule has 2 aromatic heterocycles. The fourth-order valence-corrected chi connectivity index (χ4v) is 5.05. The lowest BCUT2D eigenvalue weighted by Gasteiger charge is -2.42. The summed E-state index contributed by atoms with van der Waals surface area (Å²) in [7, 11) is 3.85. The van der Waals surface area contributed by atoms with Crippen molar-refractivity contribution in [3.05, 3.63) is 41.9 Å². The quantitative estimate of drug-likeness (QED) is 0.628. The van der Waals surface area contributed by atoms with Gasteiger partial charge in [-0.15, -0.1) is 0 Å².